The Labute approximate surface area is 103 Å². The van der Waals surface area contributed by atoms with Gasteiger partial charge >= 0.3 is 12.0 Å². The van der Waals surface area contributed by atoms with Gasteiger partial charge in [0, 0.05) is 5.69 Å². The van der Waals surface area contributed by atoms with E-state index >= 15 is 0 Å². The van der Waals surface area contributed by atoms with Crippen molar-refractivity contribution in [3.05, 3.63) is 30.1 Å². The minimum Gasteiger partial charge on any atom is -0.480 e. The molecule has 0 saturated heterocycles. The fraction of sp³-hybridized carbons (Fsp3) is 0.333. The largest absolute Gasteiger partial charge is 0.480 e. The maximum Gasteiger partial charge on any atom is 0.326 e. The maximum atomic E-state index is 12.6. The number of aliphatic carboxylic acids is 1. The van der Waals surface area contributed by atoms with E-state index in [-0.39, 0.29) is 5.92 Å². The normalized spacial score (nSPS) is 15.8. The third kappa shape index (κ3) is 3.19. The average Bonchev–Trinajstić information content (AvgIpc) is 3.13. The first-order valence-corrected chi connectivity index (χ1v) is 5.62. The number of amides is 2. The second kappa shape index (κ2) is 5.03. The monoisotopic (exact) mass is 252 g/mol. The molecule has 2 rings (SSSR count). The van der Waals surface area contributed by atoms with Crippen molar-refractivity contribution >= 4 is 17.7 Å². The Morgan fingerprint density at radius 3 is 2.39 bits per heavy atom. The van der Waals surface area contributed by atoms with E-state index in [9.17, 15) is 14.0 Å². The fourth-order valence-corrected chi connectivity index (χ4v) is 1.65. The fourth-order valence-electron chi connectivity index (χ4n) is 1.65. The molecule has 1 saturated carbocycles. The quantitative estimate of drug-likeness (QED) is 0.764. The topological polar surface area (TPSA) is 78.4 Å². The van der Waals surface area contributed by atoms with Crippen molar-refractivity contribution in [2.45, 2.75) is 18.9 Å². The lowest BCUT2D eigenvalue weighted by molar-refractivity contribution is -0.139. The summed E-state index contributed by atoms with van der Waals surface area (Å²) >= 11 is 0. The number of carbonyl (C=O) groups is 2. The summed E-state index contributed by atoms with van der Waals surface area (Å²) in [6.07, 6.45) is 1.63. The van der Waals surface area contributed by atoms with Gasteiger partial charge in [-0.3, -0.25) is 0 Å². The minimum absolute atomic E-state index is 0.0152. The van der Waals surface area contributed by atoms with Crippen LogP contribution < -0.4 is 10.6 Å². The number of hydrogen-bond acceptors (Lipinski definition) is 2. The van der Waals surface area contributed by atoms with E-state index in [1.165, 1.54) is 24.3 Å². The Morgan fingerprint density at radius 2 is 1.89 bits per heavy atom. The molecule has 5 nitrogen and oxygen atoms in total. The summed E-state index contributed by atoms with van der Waals surface area (Å²) in [4.78, 5) is 22.5. The first kappa shape index (κ1) is 12.3. The van der Waals surface area contributed by atoms with Crippen molar-refractivity contribution in [3.8, 4) is 0 Å². The minimum atomic E-state index is -1.04. The van der Waals surface area contributed by atoms with Crippen molar-refractivity contribution in [3.63, 3.8) is 0 Å². The Morgan fingerprint density at radius 1 is 1.28 bits per heavy atom. The Kier molecular flexibility index (Phi) is 3.45. The number of hydrogen-bond donors (Lipinski definition) is 3. The van der Waals surface area contributed by atoms with E-state index in [2.05, 4.69) is 10.6 Å². The summed E-state index contributed by atoms with van der Waals surface area (Å²) in [5.74, 6) is -1.42. The molecular formula is C12H13FN2O3. The van der Waals surface area contributed by atoms with E-state index in [4.69, 9.17) is 5.11 Å². The molecule has 1 atom stereocenters. The summed E-state index contributed by atoms with van der Waals surface area (Å²) in [7, 11) is 0. The highest BCUT2D eigenvalue weighted by Gasteiger charge is 2.37. The van der Waals surface area contributed by atoms with Crippen molar-refractivity contribution in [1.82, 2.24) is 5.32 Å². The molecule has 18 heavy (non-hydrogen) atoms. The molecule has 0 heterocycles. The van der Waals surface area contributed by atoms with Crippen LogP contribution in [0.15, 0.2) is 24.3 Å². The molecule has 0 aliphatic heterocycles. The molecule has 6 heteroatoms. The van der Waals surface area contributed by atoms with Crippen LogP contribution >= 0.6 is 0 Å². The molecule has 2 amide bonds. The molecule has 1 unspecified atom stereocenters. The molecule has 1 aromatic rings. The molecule has 1 aliphatic carbocycles. The molecule has 1 aliphatic rings. The lowest BCUT2D eigenvalue weighted by Crippen LogP contribution is -2.44. The van der Waals surface area contributed by atoms with Gasteiger partial charge in [0.2, 0.25) is 0 Å². The van der Waals surface area contributed by atoms with E-state index in [0.717, 1.165) is 12.8 Å². The van der Waals surface area contributed by atoms with Crippen LogP contribution in [0.4, 0.5) is 14.9 Å². The Bertz CT molecular complexity index is 457. The predicted molar refractivity (Wildman–Crippen MR) is 62.7 cm³/mol. The van der Waals surface area contributed by atoms with Crippen LogP contribution in [-0.2, 0) is 4.79 Å². The van der Waals surface area contributed by atoms with Crippen LogP contribution in [0.3, 0.4) is 0 Å². The molecule has 1 fully saturated rings. The Balaban J connectivity index is 1.91. The number of carbonyl (C=O) groups excluding carboxylic acids is 1. The third-order valence-electron chi connectivity index (χ3n) is 2.75. The summed E-state index contributed by atoms with van der Waals surface area (Å²) < 4.78 is 12.6. The van der Waals surface area contributed by atoms with E-state index in [1.807, 2.05) is 0 Å². The highest BCUT2D eigenvalue weighted by atomic mass is 19.1. The summed E-state index contributed by atoms with van der Waals surface area (Å²) in [6, 6.07) is 3.78. The number of carboxylic acid groups (broad SMARTS) is 1. The average molecular weight is 252 g/mol. The molecule has 1 aromatic carbocycles. The number of urea groups is 1. The predicted octanol–water partition coefficient (Wildman–Crippen LogP) is 1.81. The maximum absolute atomic E-state index is 12.6. The number of rotatable bonds is 4. The van der Waals surface area contributed by atoms with Gasteiger partial charge in [-0.15, -0.1) is 0 Å². The van der Waals surface area contributed by atoms with Crippen LogP contribution in [0.2, 0.25) is 0 Å². The van der Waals surface area contributed by atoms with Crippen LogP contribution in [0, 0.1) is 11.7 Å². The van der Waals surface area contributed by atoms with Crippen LogP contribution in [0.1, 0.15) is 12.8 Å². The Hall–Kier alpha value is -2.11. The molecule has 0 aromatic heterocycles. The number of benzene rings is 1. The van der Waals surface area contributed by atoms with Gasteiger partial charge in [-0.05, 0) is 43.0 Å². The summed E-state index contributed by atoms with van der Waals surface area (Å²) in [5.41, 5.74) is 0.411. The standard InChI is InChI=1S/C12H13FN2O3/c13-8-3-5-9(6-4-8)14-12(18)15-10(11(16)17)7-1-2-7/h3-7,10H,1-2H2,(H,16,17)(H2,14,15,18). The van der Waals surface area contributed by atoms with Crippen LogP contribution in [0.5, 0.6) is 0 Å². The van der Waals surface area contributed by atoms with E-state index < -0.39 is 23.9 Å². The van der Waals surface area contributed by atoms with Gasteiger partial charge in [0.05, 0.1) is 0 Å². The number of carboxylic acids is 1. The van der Waals surface area contributed by atoms with Crippen molar-refractivity contribution < 1.29 is 19.1 Å². The van der Waals surface area contributed by atoms with Gasteiger partial charge in [0.1, 0.15) is 11.9 Å². The second-order valence-corrected chi connectivity index (χ2v) is 4.26. The number of nitrogens with one attached hydrogen (secondary N) is 2. The zero-order chi connectivity index (χ0) is 13.1. The van der Waals surface area contributed by atoms with E-state index in [1.54, 1.807) is 0 Å². The highest BCUT2D eigenvalue weighted by Crippen LogP contribution is 2.32. The van der Waals surface area contributed by atoms with Gasteiger partial charge in [-0.2, -0.15) is 0 Å². The highest BCUT2D eigenvalue weighted by molar-refractivity contribution is 5.92. The second-order valence-electron chi connectivity index (χ2n) is 4.26. The molecule has 3 N–H and O–H groups in total. The van der Waals surface area contributed by atoms with E-state index in [0.29, 0.717) is 5.69 Å². The zero-order valence-electron chi connectivity index (χ0n) is 9.52. The van der Waals surface area contributed by atoms with Gasteiger partial charge < -0.3 is 15.7 Å². The first-order chi connectivity index (χ1) is 8.56. The SMILES string of the molecule is O=C(Nc1ccc(F)cc1)NC(C(=O)O)C1CC1. The van der Waals surface area contributed by atoms with Gasteiger partial charge in [-0.1, -0.05) is 0 Å². The van der Waals surface area contributed by atoms with Crippen molar-refractivity contribution in [1.29, 1.82) is 0 Å². The number of halogens is 1. The smallest absolute Gasteiger partial charge is 0.326 e. The summed E-state index contributed by atoms with van der Waals surface area (Å²) in [5, 5.41) is 13.8. The van der Waals surface area contributed by atoms with Gasteiger partial charge in [0.15, 0.2) is 0 Å². The molecular weight excluding hydrogens is 239 g/mol. The molecule has 0 spiro atoms. The van der Waals surface area contributed by atoms with Gasteiger partial charge in [0.25, 0.3) is 0 Å². The first-order valence-electron chi connectivity index (χ1n) is 5.62. The molecule has 0 radical (unpaired) electrons. The van der Waals surface area contributed by atoms with Crippen LogP contribution in [-0.4, -0.2) is 23.1 Å². The van der Waals surface area contributed by atoms with Crippen LogP contribution in [0.25, 0.3) is 0 Å². The van der Waals surface area contributed by atoms with Crippen molar-refractivity contribution in [2.24, 2.45) is 5.92 Å². The zero-order valence-corrected chi connectivity index (χ0v) is 9.52. The number of anilines is 1. The molecule has 96 valence electrons. The third-order valence-corrected chi connectivity index (χ3v) is 2.75. The van der Waals surface area contributed by atoms with Crippen molar-refractivity contribution in [2.75, 3.05) is 5.32 Å². The summed E-state index contributed by atoms with van der Waals surface area (Å²) in [6.45, 7) is 0. The lowest BCUT2D eigenvalue weighted by Gasteiger charge is -2.14. The lowest BCUT2D eigenvalue weighted by atomic mass is 10.2. The van der Waals surface area contributed by atoms with Gasteiger partial charge in [-0.25, -0.2) is 14.0 Å². The molecule has 0 bridgehead atoms.